The number of carbonyl (C=O) groups excluding carboxylic acids is 1. The summed E-state index contributed by atoms with van der Waals surface area (Å²) >= 11 is 0. The van der Waals surface area contributed by atoms with Crippen LogP contribution >= 0.6 is 0 Å². The molecule has 5 rings (SSSR count). The standard InChI is InChI=1S/C30H38N4O4S/c35-30(38-24-25-9-3-1-4-10-25)21-27(33-16-5-2-6-17-33)23-32-15-8-18-34(20-19-32)39(36,37)29-12-7-11-26-22-31-14-13-28(26)29/h1,3-4,7,9-14,22,27H,2,5-6,8,15-21,23-24H2. The van der Waals surface area contributed by atoms with Crippen LogP contribution in [0.2, 0.25) is 0 Å². The molecule has 2 fully saturated rings. The van der Waals surface area contributed by atoms with Crippen LogP contribution in [0.1, 0.15) is 37.7 Å². The first kappa shape index (κ1) is 27.7. The minimum absolute atomic E-state index is 0.0577. The van der Waals surface area contributed by atoms with Crippen molar-refractivity contribution in [2.24, 2.45) is 0 Å². The van der Waals surface area contributed by atoms with E-state index in [-0.39, 0.29) is 18.6 Å². The van der Waals surface area contributed by atoms with Crippen LogP contribution in [0.15, 0.2) is 71.9 Å². The van der Waals surface area contributed by atoms with E-state index >= 15 is 0 Å². The molecule has 0 aliphatic carbocycles. The first-order valence-electron chi connectivity index (χ1n) is 14.0. The maximum atomic E-state index is 13.7. The highest BCUT2D eigenvalue weighted by molar-refractivity contribution is 7.89. The van der Waals surface area contributed by atoms with E-state index in [4.69, 9.17) is 4.74 Å². The van der Waals surface area contributed by atoms with Gasteiger partial charge in [0.05, 0.1) is 11.3 Å². The Balaban J connectivity index is 1.23. The molecule has 1 unspecified atom stereocenters. The maximum Gasteiger partial charge on any atom is 0.307 e. The fourth-order valence-electron chi connectivity index (χ4n) is 5.71. The Morgan fingerprint density at radius 1 is 0.872 bits per heavy atom. The second kappa shape index (κ2) is 13.0. The normalized spacial score (nSPS) is 19.0. The number of hydrogen-bond donors (Lipinski definition) is 0. The Kier molecular flexibility index (Phi) is 9.24. The van der Waals surface area contributed by atoms with Crippen LogP contribution in [0.25, 0.3) is 10.8 Å². The van der Waals surface area contributed by atoms with Gasteiger partial charge < -0.3 is 9.64 Å². The average Bonchev–Trinajstić information content (AvgIpc) is 3.22. The third-order valence-electron chi connectivity index (χ3n) is 7.83. The number of aromatic nitrogens is 1. The highest BCUT2D eigenvalue weighted by Gasteiger charge is 2.31. The number of fused-ring (bicyclic) bond motifs is 1. The van der Waals surface area contributed by atoms with Gasteiger partial charge in [-0.2, -0.15) is 4.31 Å². The van der Waals surface area contributed by atoms with Gasteiger partial charge in [0.2, 0.25) is 10.0 Å². The summed E-state index contributed by atoms with van der Waals surface area (Å²) in [5.74, 6) is -0.182. The number of carbonyl (C=O) groups is 1. The molecule has 3 aromatic rings. The van der Waals surface area contributed by atoms with Crippen molar-refractivity contribution in [3.63, 3.8) is 0 Å². The molecule has 8 nitrogen and oxygen atoms in total. The van der Waals surface area contributed by atoms with Crippen molar-refractivity contribution in [1.82, 2.24) is 19.1 Å². The number of pyridine rings is 1. The molecule has 0 spiro atoms. The van der Waals surface area contributed by atoms with Crippen molar-refractivity contribution in [3.05, 3.63) is 72.6 Å². The van der Waals surface area contributed by atoms with Crippen molar-refractivity contribution in [2.45, 2.75) is 49.6 Å². The lowest BCUT2D eigenvalue weighted by atomic mass is 10.1. The molecule has 9 heteroatoms. The van der Waals surface area contributed by atoms with E-state index in [0.29, 0.717) is 36.3 Å². The zero-order valence-corrected chi connectivity index (χ0v) is 23.3. The molecular formula is C30H38N4O4S. The Bertz CT molecular complexity index is 1340. The van der Waals surface area contributed by atoms with Crippen molar-refractivity contribution in [3.8, 4) is 0 Å². The summed E-state index contributed by atoms with van der Waals surface area (Å²) < 4.78 is 34.6. The summed E-state index contributed by atoms with van der Waals surface area (Å²) in [6, 6.07) is 16.9. The summed E-state index contributed by atoms with van der Waals surface area (Å²) in [6.45, 7) is 5.33. The molecule has 0 N–H and O–H groups in total. The van der Waals surface area contributed by atoms with Crippen molar-refractivity contribution in [2.75, 3.05) is 45.8 Å². The maximum absolute atomic E-state index is 13.7. The number of ether oxygens (including phenoxy) is 1. The van der Waals surface area contributed by atoms with Crippen molar-refractivity contribution in [1.29, 1.82) is 0 Å². The highest BCUT2D eigenvalue weighted by atomic mass is 32.2. The molecule has 2 aliphatic rings. The van der Waals surface area contributed by atoms with E-state index in [0.717, 1.165) is 56.4 Å². The van der Waals surface area contributed by atoms with E-state index in [2.05, 4.69) is 14.8 Å². The van der Waals surface area contributed by atoms with Gasteiger partial charge in [0.25, 0.3) is 0 Å². The van der Waals surface area contributed by atoms with Gasteiger partial charge in [0, 0.05) is 55.4 Å². The third-order valence-corrected chi connectivity index (χ3v) is 9.78. The second-order valence-corrected chi connectivity index (χ2v) is 12.4. The largest absolute Gasteiger partial charge is 0.461 e. The monoisotopic (exact) mass is 550 g/mol. The summed E-state index contributed by atoms with van der Waals surface area (Å²) in [5.41, 5.74) is 0.983. The molecule has 1 atom stereocenters. The van der Waals surface area contributed by atoms with Gasteiger partial charge in [0.15, 0.2) is 0 Å². The first-order valence-corrected chi connectivity index (χ1v) is 15.4. The molecule has 0 saturated carbocycles. The number of nitrogens with zero attached hydrogens (tertiary/aromatic N) is 4. The predicted molar refractivity (Wildman–Crippen MR) is 152 cm³/mol. The Labute approximate surface area is 231 Å². The molecular weight excluding hydrogens is 512 g/mol. The number of benzene rings is 2. The van der Waals surface area contributed by atoms with Gasteiger partial charge in [-0.1, -0.05) is 48.9 Å². The quantitative estimate of drug-likeness (QED) is 0.374. The van der Waals surface area contributed by atoms with E-state index in [1.807, 2.05) is 36.4 Å². The topological polar surface area (TPSA) is 83.1 Å². The van der Waals surface area contributed by atoms with Crippen molar-refractivity contribution >= 4 is 26.8 Å². The lowest BCUT2D eigenvalue weighted by Crippen LogP contribution is -2.48. The van der Waals surface area contributed by atoms with Crippen LogP contribution in [0.3, 0.4) is 0 Å². The van der Waals surface area contributed by atoms with E-state index in [1.165, 1.54) is 6.42 Å². The van der Waals surface area contributed by atoms with Crippen LogP contribution in [0.5, 0.6) is 0 Å². The zero-order chi connectivity index (χ0) is 27.1. The molecule has 39 heavy (non-hydrogen) atoms. The number of hydrogen-bond acceptors (Lipinski definition) is 7. The lowest BCUT2D eigenvalue weighted by Gasteiger charge is -2.37. The smallest absolute Gasteiger partial charge is 0.307 e. The second-order valence-electron chi connectivity index (χ2n) is 10.5. The summed E-state index contributed by atoms with van der Waals surface area (Å²) in [6.07, 6.45) is 7.93. The highest BCUT2D eigenvalue weighted by Crippen LogP contribution is 2.26. The Morgan fingerprint density at radius 2 is 1.69 bits per heavy atom. The van der Waals surface area contributed by atoms with Gasteiger partial charge in [-0.25, -0.2) is 8.42 Å². The molecule has 2 aliphatic heterocycles. The van der Waals surface area contributed by atoms with Gasteiger partial charge in [0.1, 0.15) is 6.61 Å². The fourth-order valence-corrected chi connectivity index (χ4v) is 7.39. The Morgan fingerprint density at radius 3 is 2.51 bits per heavy atom. The van der Waals surface area contributed by atoms with Crippen LogP contribution < -0.4 is 0 Å². The average molecular weight is 551 g/mol. The van der Waals surface area contributed by atoms with Gasteiger partial charge in [-0.05, 0) is 56.6 Å². The zero-order valence-electron chi connectivity index (χ0n) is 22.5. The minimum atomic E-state index is -3.64. The molecule has 0 bridgehead atoms. The number of esters is 1. The van der Waals surface area contributed by atoms with E-state index in [9.17, 15) is 13.2 Å². The summed E-state index contributed by atoms with van der Waals surface area (Å²) in [7, 11) is -3.64. The van der Waals surface area contributed by atoms with Crippen LogP contribution in [0, 0.1) is 0 Å². The molecule has 2 aromatic carbocycles. The number of rotatable bonds is 9. The molecule has 3 heterocycles. The van der Waals surface area contributed by atoms with Gasteiger partial charge in [-0.15, -0.1) is 0 Å². The molecule has 208 valence electrons. The van der Waals surface area contributed by atoms with Crippen LogP contribution in [-0.4, -0.2) is 85.3 Å². The number of piperidine rings is 1. The summed E-state index contributed by atoms with van der Waals surface area (Å²) in [4.78, 5) is 22.1. The third kappa shape index (κ3) is 7.03. The molecule has 2 saturated heterocycles. The Hall–Kier alpha value is -2.85. The van der Waals surface area contributed by atoms with Crippen molar-refractivity contribution < 1.29 is 17.9 Å². The van der Waals surface area contributed by atoms with Crippen LogP contribution in [0.4, 0.5) is 0 Å². The van der Waals surface area contributed by atoms with Crippen LogP contribution in [-0.2, 0) is 26.2 Å². The van der Waals surface area contributed by atoms with E-state index in [1.54, 1.807) is 34.9 Å². The fraction of sp³-hybridized carbons (Fsp3) is 0.467. The predicted octanol–water partition coefficient (Wildman–Crippen LogP) is 3.92. The van der Waals surface area contributed by atoms with E-state index < -0.39 is 10.0 Å². The number of sulfonamides is 1. The number of likely N-dealkylation sites (tertiary alicyclic amines) is 1. The SMILES string of the molecule is O=C(CC(CN1CCCN(S(=O)(=O)c2cccc3cnccc23)CC1)N1CCCCC1)OCc1ccccc1. The summed E-state index contributed by atoms with van der Waals surface area (Å²) in [5, 5.41) is 1.52. The van der Waals surface area contributed by atoms with Gasteiger partial charge in [-0.3, -0.25) is 14.7 Å². The molecule has 0 amide bonds. The van der Waals surface area contributed by atoms with Gasteiger partial charge >= 0.3 is 5.97 Å². The lowest BCUT2D eigenvalue weighted by molar-refractivity contribution is -0.146. The molecule has 0 radical (unpaired) electrons. The minimum Gasteiger partial charge on any atom is -0.461 e. The molecule has 1 aromatic heterocycles. The first-order chi connectivity index (χ1) is 19.0.